The molecule has 1 amide bonds. The molecule has 1 atom stereocenters. The average Bonchev–Trinajstić information content (AvgIpc) is 2.63. The van der Waals surface area contributed by atoms with Crippen molar-refractivity contribution in [2.24, 2.45) is 0 Å². The molecular formula is C20H25N3OS. The van der Waals surface area contributed by atoms with Gasteiger partial charge in [0.1, 0.15) is 0 Å². The minimum absolute atomic E-state index is 0.0864. The van der Waals surface area contributed by atoms with E-state index in [1.54, 1.807) is 0 Å². The van der Waals surface area contributed by atoms with Crippen molar-refractivity contribution in [1.29, 1.82) is 0 Å². The van der Waals surface area contributed by atoms with Crippen LogP contribution in [0, 0.1) is 6.92 Å². The van der Waals surface area contributed by atoms with Crippen LogP contribution in [0.1, 0.15) is 44.7 Å². The molecule has 4 nitrogen and oxygen atoms in total. The zero-order valence-corrected chi connectivity index (χ0v) is 15.7. The second kappa shape index (κ2) is 8.48. The van der Waals surface area contributed by atoms with Crippen molar-refractivity contribution in [2.45, 2.75) is 62.4 Å². The van der Waals surface area contributed by atoms with Crippen molar-refractivity contribution in [3.05, 3.63) is 42.1 Å². The summed E-state index contributed by atoms with van der Waals surface area (Å²) in [7, 11) is 0. The van der Waals surface area contributed by atoms with E-state index in [1.165, 1.54) is 31.0 Å². The first-order valence-corrected chi connectivity index (χ1v) is 9.88. The van der Waals surface area contributed by atoms with Crippen molar-refractivity contribution in [3.8, 4) is 11.3 Å². The number of nitrogens with one attached hydrogen (secondary N) is 1. The van der Waals surface area contributed by atoms with E-state index in [4.69, 9.17) is 0 Å². The molecule has 0 saturated heterocycles. The first kappa shape index (κ1) is 17.9. The number of nitrogens with zero attached hydrogens (tertiary/aromatic N) is 2. The number of thioether (sulfide) groups is 1. The topological polar surface area (TPSA) is 54.9 Å². The van der Waals surface area contributed by atoms with Gasteiger partial charge in [-0.15, -0.1) is 0 Å². The lowest BCUT2D eigenvalue weighted by Gasteiger charge is -2.24. The second-order valence-electron chi connectivity index (χ2n) is 6.65. The maximum atomic E-state index is 12.5. The summed E-state index contributed by atoms with van der Waals surface area (Å²) in [6.07, 6.45) is 5.92. The number of rotatable bonds is 5. The molecule has 1 aromatic heterocycles. The Labute approximate surface area is 153 Å². The van der Waals surface area contributed by atoms with E-state index in [2.05, 4.69) is 15.3 Å². The molecule has 25 heavy (non-hydrogen) atoms. The summed E-state index contributed by atoms with van der Waals surface area (Å²) in [6.45, 7) is 3.89. The fraction of sp³-hybridized carbons (Fsp3) is 0.450. The third kappa shape index (κ3) is 5.05. The average molecular weight is 356 g/mol. The molecule has 0 spiro atoms. The summed E-state index contributed by atoms with van der Waals surface area (Å²) in [5.41, 5.74) is 2.88. The maximum absolute atomic E-state index is 12.5. The van der Waals surface area contributed by atoms with Crippen molar-refractivity contribution in [3.63, 3.8) is 0 Å². The molecule has 1 aliphatic carbocycles. The van der Waals surface area contributed by atoms with Crippen LogP contribution in [0.2, 0.25) is 0 Å². The smallest absolute Gasteiger partial charge is 0.233 e. The fourth-order valence-corrected chi connectivity index (χ4v) is 3.97. The first-order chi connectivity index (χ1) is 12.1. The number of amides is 1. The molecule has 0 radical (unpaired) electrons. The first-order valence-electron chi connectivity index (χ1n) is 9.00. The Morgan fingerprint density at radius 3 is 2.60 bits per heavy atom. The standard InChI is InChI=1S/C20H25N3OS/c1-14-13-18(16-9-5-3-6-10-16)23-20(21-14)25-15(2)19(24)22-17-11-7-4-8-12-17/h3,5-6,9-10,13,15,17H,4,7-8,11-12H2,1-2H3,(H,22,24)/t15-/m1/s1. The number of hydrogen-bond donors (Lipinski definition) is 1. The molecule has 0 aliphatic heterocycles. The van der Waals surface area contributed by atoms with Crippen molar-refractivity contribution in [1.82, 2.24) is 15.3 Å². The van der Waals surface area contributed by atoms with Crippen molar-refractivity contribution >= 4 is 17.7 Å². The van der Waals surface area contributed by atoms with E-state index >= 15 is 0 Å². The Kier molecular flexibility index (Phi) is 6.08. The van der Waals surface area contributed by atoms with Gasteiger partial charge in [0.15, 0.2) is 5.16 Å². The van der Waals surface area contributed by atoms with Gasteiger partial charge in [-0.1, -0.05) is 61.4 Å². The predicted molar refractivity (Wildman–Crippen MR) is 103 cm³/mol. The third-order valence-corrected chi connectivity index (χ3v) is 5.47. The van der Waals surface area contributed by atoms with Gasteiger partial charge in [-0.05, 0) is 32.8 Å². The van der Waals surface area contributed by atoms with Crippen LogP contribution in [0.4, 0.5) is 0 Å². The van der Waals surface area contributed by atoms with E-state index in [-0.39, 0.29) is 11.2 Å². The van der Waals surface area contributed by atoms with Gasteiger partial charge in [-0.25, -0.2) is 9.97 Å². The van der Waals surface area contributed by atoms with E-state index in [0.29, 0.717) is 11.2 Å². The third-order valence-electron chi connectivity index (χ3n) is 4.51. The zero-order chi connectivity index (χ0) is 17.6. The van der Waals surface area contributed by atoms with Crippen LogP contribution in [-0.4, -0.2) is 27.2 Å². The van der Waals surface area contributed by atoms with Crippen LogP contribution in [0.15, 0.2) is 41.6 Å². The number of benzene rings is 1. The lowest BCUT2D eigenvalue weighted by atomic mass is 9.95. The second-order valence-corrected chi connectivity index (χ2v) is 7.95. The number of aryl methyl sites for hydroxylation is 1. The summed E-state index contributed by atoms with van der Waals surface area (Å²) >= 11 is 1.43. The Morgan fingerprint density at radius 1 is 1.16 bits per heavy atom. The van der Waals surface area contributed by atoms with Gasteiger partial charge in [0.2, 0.25) is 5.91 Å². The summed E-state index contributed by atoms with van der Waals surface area (Å²) in [5, 5.41) is 3.64. The van der Waals surface area contributed by atoms with E-state index in [1.807, 2.05) is 50.2 Å². The molecule has 132 valence electrons. The summed E-state index contributed by atoms with van der Waals surface area (Å²) < 4.78 is 0. The number of carbonyl (C=O) groups is 1. The summed E-state index contributed by atoms with van der Waals surface area (Å²) in [5.74, 6) is 0.0864. The Hall–Kier alpha value is -1.88. The molecule has 1 fully saturated rings. The minimum Gasteiger partial charge on any atom is -0.352 e. The van der Waals surface area contributed by atoms with E-state index in [9.17, 15) is 4.79 Å². The molecular weight excluding hydrogens is 330 g/mol. The molecule has 0 bridgehead atoms. The molecule has 5 heteroatoms. The van der Waals surface area contributed by atoms with Gasteiger partial charge in [-0.2, -0.15) is 0 Å². The quantitative estimate of drug-likeness (QED) is 0.639. The van der Waals surface area contributed by atoms with Gasteiger partial charge < -0.3 is 5.32 Å². The van der Waals surface area contributed by atoms with Gasteiger partial charge >= 0.3 is 0 Å². The number of aromatic nitrogens is 2. The monoisotopic (exact) mass is 355 g/mol. The Bertz CT molecular complexity index is 714. The summed E-state index contributed by atoms with van der Waals surface area (Å²) in [6, 6.07) is 12.4. The van der Waals surface area contributed by atoms with Crippen LogP contribution >= 0.6 is 11.8 Å². The fourth-order valence-electron chi connectivity index (χ4n) is 3.13. The SMILES string of the molecule is Cc1cc(-c2ccccc2)nc(S[C@H](C)C(=O)NC2CCCCC2)n1. The van der Waals surface area contributed by atoms with Gasteiger partial charge in [-0.3, -0.25) is 4.79 Å². The van der Waals surface area contributed by atoms with E-state index < -0.39 is 0 Å². The Balaban J connectivity index is 1.67. The molecule has 1 aliphatic rings. The summed E-state index contributed by atoms with van der Waals surface area (Å²) in [4.78, 5) is 21.6. The lowest BCUT2D eigenvalue weighted by molar-refractivity contribution is -0.121. The highest BCUT2D eigenvalue weighted by molar-refractivity contribution is 8.00. The highest BCUT2D eigenvalue weighted by Gasteiger charge is 2.21. The highest BCUT2D eigenvalue weighted by Crippen LogP contribution is 2.25. The molecule has 3 rings (SSSR count). The number of carbonyl (C=O) groups excluding carboxylic acids is 1. The van der Waals surface area contributed by atoms with Crippen LogP contribution in [0.5, 0.6) is 0 Å². The predicted octanol–water partition coefficient (Wildman–Crippen LogP) is 4.38. The molecule has 2 aromatic rings. The lowest BCUT2D eigenvalue weighted by Crippen LogP contribution is -2.40. The minimum atomic E-state index is -0.202. The molecule has 1 saturated carbocycles. The molecule has 1 N–H and O–H groups in total. The largest absolute Gasteiger partial charge is 0.352 e. The van der Waals surface area contributed by atoms with Crippen molar-refractivity contribution in [2.75, 3.05) is 0 Å². The highest BCUT2D eigenvalue weighted by atomic mass is 32.2. The number of hydrogen-bond acceptors (Lipinski definition) is 4. The molecule has 1 heterocycles. The van der Waals surface area contributed by atoms with Crippen molar-refractivity contribution < 1.29 is 4.79 Å². The van der Waals surface area contributed by atoms with Crippen LogP contribution in [0.25, 0.3) is 11.3 Å². The van der Waals surface area contributed by atoms with Gasteiger partial charge in [0, 0.05) is 17.3 Å². The molecule has 1 aromatic carbocycles. The van der Waals surface area contributed by atoms with Crippen LogP contribution < -0.4 is 5.32 Å². The Morgan fingerprint density at radius 2 is 1.88 bits per heavy atom. The van der Waals surface area contributed by atoms with E-state index in [0.717, 1.165) is 29.8 Å². The molecule has 0 unspecified atom stereocenters. The van der Waals surface area contributed by atoms with Crippen LogP contribution in [0.3, 0.4) is 0 Å². The maximum Gasteiger partial charge on any atom is 0.233 e. The normalized spacial score (nSPS) is 16.4. The zero-order valence-electron chi connectivity index (χ0n) is 14.9. The van der Waals surface area contributed by atoms with Gasteiger partial charge in [0.05, 0.1) is 10.9 Å². The van der Waals surface area contributed by atoms with Gasteiger partial charge in [0.25, 0.3) is 0 Å². The van der Waals surface area contributed by atoms with Crippen LogP contribution in [-0.2, 0) is 4.79 Å².